The molecule has 0 radical (unpaired) electrons. The fourth-order valence-electron chi connectivity index (χ4n) is 2.54. The molecule has 1 amide bonds. The quantitative estimate of drug-likeness (QED) is 0.799. The maximum atomic E-state index is 13.8. The number of benzene rings is 1. The predicted molar refractivity (Wildman–Crippen MR) is 83.8 cm³/mol. The molecule has 0 saturated carbocycles. The van der Waals surface area contributed by atoms with Crippen LogP contribution in [-0.2, 0) is 0 Å². The zero-order valence-electron chi connectivity index (χ0n) is 11.9. The van der Waals surface area contributed by atoms with Crippen molar-refractivity contribution in [2.45, 2.75) is 0 Å². The summed E-state index contributed by atoms with van der Waals surface area (Å²) < 4.78 is 13.8. The molecule has 0 unspecified atom stereocenters. The Morgan fingerprint density at radius 1 is 1.09 bits per heavy atom. The molecule has 4 nitrogen and oxygen atoms in total. The molecule has 114 valence electrons. The van der Waals surface area contributed by atoms with Gasteiger partial charge in [-0.2, -0.15) is 0 Å². The molecule has 0 bridgehead atoms. The van der Waals surface area contributed by atoms with Crippen molar-refractivity contribution < 1.29 is 9.18 Å². The zero-order chi connectivity index (χ0) is 15.5. The van der Waals surface area contributed by atoms with Crippen molar-refractivity contribution in [3.63, 3.8) is 0 Å². The predicted octanol–water partition coefficient (Wildman–Crippen LogP) is 2.84. The van der Waals surface area contributed by atoms with Crippen molar-refractivity contribution in [1.82, 2.24) is 9.88 Å². The van der Waals surface area contributed by atoms with Crippen LogP contribution in [0.15, 0.2) is 42.6 Å². The number of hydrogen-bond donors (Lipinski definition) is 0. The van der Waals surface area contributed by atoms with Crippen LogP contribution in [0.1, 0.15) is 10.4 Å². The van der Waals surface area contributed by atoms with Gasteiger partial charge in [-0.05, 0) is 24.3 Å². The van der Waals surface area contributed by atoms with E-state index in [1.54, 1.807) is 29.2 Å². The van der Waals surface area contributed by atoms with E-state index in [2.05, 4.69) is 4.98 Å². The van der Waals surface area contributed by atoms with Crippen LogP contribution in [0.3, 0.4) is 0 Å². The number of hydrogen-bond acceptors (Lipinski definition) is 3. The lowest BCUT2D eigenvalue weighted by Crippen LogP contribution is -2.49. The Balaban J connectivity index is 1.65. The maximum absolute atomic E-state index is 13.8. The van der Waals surface area contributed by atoms with E-state index in [0.29, 0.717) is 42.6 Å². The molecule has 3 rings (SSSR count). The van der Waals surface area contributed by atoms with Crippen molar-refractivity contribution in [3.8, 4) is 0 Å². The van der Waals surface area contributed by atoms with Gasteiger partial charge in [-0.3, -0.25) is 4.79 Å². The van der Waals surface area contributed by atoms with E-state index >= 15 is 0 Å². The normalized spacial score (nSPS) is 15.0. The molecule has 6 heteroatoms. The second-order valence-electron chi connectivity index (χ2n) is 5.10. The molecule has 1 aliphatic heterocycles. The molecule has 0 N–H and O–H groups in total. The number of amides is 1. The fraction of sp³-hybridized carbons (Fsp3) is 0.250. The van der Waals surface area contributed by atoms with Gasteiger partial charge in [0.2, 0.25) is 0 Å². The van der Waals surface area contributed by atoms with Gasteiger partial charge < -0.3 is 9.80 Å². The number of nitrogens with zero attached hydrogens (tertiary/aromatic N) is 3. The fourth-order valence-corrected chi connectivity index (χ4v) is 2.66. The molecule has 1 saturated heterocycles. The Bertz CT molecular complexity index is 669. The van der Waals surface area contributed by atoms with Crippen LogP contribution in [0.5, 0.6) is 0 Å². The van der Waals surface area contributed by atoms with Gasteiger partial charge in [-0.25, -0.2) is 9.37 Å². The smallest absolute Gasteiger partial charge is 0.255 e. The number of anilines is 1. The molecular formula is C16H15ClFN3O. The number of carbonyl (C=O) groups excluding carboxylic acids is 1. The van der Waals surface area contributed by atoms with Crippen LogP contribution in [-0.4, -0.2) is 42.0 Å². The molecule has 1 aliphatic rings. The average Bonchev–Trinajstić information content (AvgIpc) is 2.56. The van der Waals surface area contributed by atoms with Crippen LogP contribution in [0, 0.1) is 5.82 Å². The molecule has 1 aromatic heterocycles. The Labute approximate surface area is 133 Å². The largest absolute Gasteiger partial charge is 0.366 e. The van der Waals surface area contributed by atoms with Crippen molar-refractivity contribution in [2.24, 2.45) is 0 Å². The van der Waals surface area contributed by atoms with Gasteiger partial charge in [0.25, 0.3) is 5.91 Å². The summed E-state index contributed by atoms with van der Waals surface area (Å²) in [5, 5.41) is 0.362. The highest BCUT2D eigenvalue weighted by Crippen LogP contribution is 2.20. The van der Waals surface area contributed by atoms with Gasteiger partial charge in [0.15, 0.2) is 0 Å². The summed E-state index contributed by atoms with van der Waals surface area (Å²) in [5.41, 5.74) is 1.10. The summed E-state index contributed by atoms with van der Waals surface area (Å²) >= 11 is 5.73. The molecule has 2 heterocycles. The topological polar surface area (TPSA) is 36.4 Å². The first-order chi connectivity index (χ1) is 10.6. The molecule has 22 heavy (non-hydrogen) atoms. The van der Waals surface area contributed by atoms with E-state index in [1.807, 2.05) is 11.0 Å². The monoisotopic (exact) mass is 319 g/mol. The number of halogens is 2. The third-order valence-electron chi connectivity index (χ3n) is 3.73. The van der Waals surface area contributed by atoms with Gasteiger partial charge in [-0.1, -0.05) is 23.7 Å². The van der Waals surface area contributed by atoms with Crippen molar-refractivity contribution in [1.29, 1.82) is 0 Å². The minimum atomic E-state index is -0.232. The SMILES string of the molecule is O=C(c1ccc(Cl)nc1)N1CCN(c2ccccc2F)CC1. The van der Waals surface area contributed by atoms with Crippen LogP contribution in [0.25, 0.3) is 0 Å². The molecule has 1 fully saturated rings. The van der Waals surface area contributed by atoms with Crippen LogP contribution in [0.2, 0.25) is 5.15 Å². The molecule has 0 aliphatic carbocycles. The van der Waals surface area contributed by atoms with E-state index < -0.39 is 0 Å². The minimum Gasteiger partial charge on any atom is -0.366 e. The van der Waals surface area contributed by atoms with E-state index in [4.69, 9.17) is 11.6 Å². The molecule has 0 atom stereocenters. The van der Waals surface area contributed by atoms with Gasteiger partial charge >= 0.3 is 0 Å². The van der Waals surface area contributed by atoms with E-state index in [-0.39, 0.29) is 11.7 Å². The minimum absolute atomic E-state index is 0.0719. The Hall–Kier alpha value is -2.14. The number of piperazine rings is 1. The number of aromatic nitrogens is 1. The Morgan fingerprint density at radius 2 is 1.82 bits per heavy atom. The zero-order valence-corrected chi connectivity index (χ0v) is 12.6. The highest BCUT2D eigenvalue weighted by atomic mass is 35.5. The summed E-state index contributed by atoms with van der Waals surface area (Å²) in [7, 11) is 0. The summed E-state index contributed by atoms with van der Waals surface area (Å²) in [6.07, 6.45) is 1.48. The van der Waals surface area contributed by atoms with Crippen molar-refractivity contribution in [2.75, 3.05) is 31.1 Å². The van der Waals surface area contributed by atoms with E-state index in [9.17, 15) is 9.18 Å². The van der Waals surface area contributed by atoms with Gasteiger partial charge in [0, 0.05) is 32.4 Å². The Kier molecular flexibility index (Phi) is 4.24. The maximum Gasteiger partial charge on any atom is 0.255 e. The van der Waals surface area contributed by atoms with Crippen LogP contribution >= 0.6 is 11.6 Å². The average molecular weight is 320 g/mol. The number of pyridine rings is 1. The summed E-state index contributed by atoms with van der Waals surface area (Å²) in [6, 6.07) is 9.97. The molecular weight excluding hydrogens is 305 g/mol. The second-order valence-corrected chi connectivity index (χ2v) is 5.49. The number of carbonyl (C=O) groups is 1. The molecule has 2 aromatic rings. The van der Waals surface area contributed by atoms with Crippen LogP contribution < -0.4 is 4.90 Å². The second kappa shape index (κ2) is 6.32. The lowest BCUT2D eigenvalue weighted by atomic mass is 10.2. The van der Waals surface area contributed by atoms with E-state index in [0.717, 1.165) is 0 Å². The van der Waals surface area contributed by atoms with Crippen molar-refractivity contribution in [3.05, 3.63) is 59.1 Å². The number of rotatable bonds is 2. The molecule has 1 aromatic carbocycles. The van der Waals surface area contributed by atoms with E-state index in [1.165, 1.54) is 12.3 Å². The summed E-state index contributed by atoms with van der Waals surface area (Å²) in [5.74, 6) is -0.304. The third-order valence-corrected chi connectivity index (χ3v) is 3.96. The van der Waals surface area contributed by atoms with Crippen LogP contribution in [0.4, 0.5) is 10.1 Å². The number of para-hydroxylation sites is 1. The standard InChI is InChI=1S/C16H15ClFN3O/c17-15-6-5-12(11-19-15)16(22)21-9-7-20(8-10-21)14-4-2-1-3-13(14)18/h1-6,11H,7-10H2. The highest BCUT2D eigenvalue weighted by Gasteiger charge is 2.23. The lowest BCUT2D eigenvalue weighted by molar-refractivity contribution is 0.0746. The summed E-state index contributed by atoms with van der Waals surface area (Å²) in [6.45, 7) is 2.31. The molecule has 0 spiro atoms. The first-order valence-corrected chi connectivity index (χ1v) is 7.43. The van der Waals surface area contributed by atoms with Crippen molar-refractivity contribution >= 4 is 23.2 Å². The third kappa shape index (κ3) is 3.04. The van der Waals surface area contributed by atoms with Gasteiger partial charge in [0.05, 0.1) is 11.3 Å². The Morgan fingerprint density at radius 3 is 2.45 bits per heavy atom. The first-order valence-electron chi connectivity index (χ1n) is 7.05. The first kappa shape index (κ1) is 14.8. The highest BCUT2D eigenvalue weighted by molar-refractivity contribution is 6.29. The van der Waals surface area contributed by atoms with Gasteiger partial charge in [-0.15, -0.1) is 0 Å². The summed E-state index contributed by atoms with van der Waals surface area (Å²) in [4.78, 5) is 20.0. The lowest BCUT2D eigenvalue weighted by Gasteiger charge is -2.36. The van der Waals surface area contributed by atoms with Gasteiger partial charge in [0.1, 0.15) is 11.0 Å².